The molecule has 6 heteroatoms. The molecule has 2 aromatic rings. The standard InChI is InChI=1S/C13H16N4O2/c18-13(19)10-4-3-8-17-11(14-15-12(10)17)5-9-16-6-1-2-7-16/h3-4,8H,1-2,5-7,9H2,(H,18,19). The Hall–Kier alpha value is -1.95. The first-order valence-electron chi connectivity index (χ1n) is 6.54. The van der Waals surface area contributed by atoms with Gasteiger partial charge in [0.25, 0.3) is 0 Å². The van der Waals surface area contributed by atoms with Gasteiger partial charge >= 0.3 is 5.97 Å². The summed E-state index contributed by atoms with van der Waals surface area (Å²) in [5, 5.41) is 17.2. The molecule has 0 aliphatic carbocycles. The highest BCUT2D eigenvalue weighted by Gasteiger charge is 2.16. The first kappa shape index (κ1) is 12.1. The van der Waals surface area contributed by atoms with Gasteiger partial charge in [0.05, 0.1) is 0 Å². The lowest BCUT2D eigenvalue weighted by molar-refractivity contribution is 0.0698. The van der Waals surface area contributed by atoms with E-state index in [0.29, 0.717) is 5.65 Å². The number of carboxylic acids is 1. The normalized spacial score (nSPS) is 16.2. The van der Waals surface area contributed by atoms with E-state index in [9.17, 15) is 4.79 Å². The first-order valence-corrected chi connectivity index (χ1v) is 6.54. The summed E-state index contributed by atoms with van der Waals surface area (Å²) in [5.74, 6) is -0.144. The van der Waals surface area contributed by atoms with Gasteiger partial charge in [-0.25, -0.2) is 4.79 Å². The molecule has 0 aromatic carbocycles. The van der Waals surface area contributed by atoms with Crippen LogP contribution in [0.2, 0.25) is 0 Å². The number of pyridine rings is 1. The van der Waals surface area contributed by atoms with Crippen LogP contribution in [-0.4, -0.2) is 50.2 Å². The summed E-state index contributed by atoms with van der Waals surface area (Å²) in [6.07, 6.45) is 5.15. The number of hydrogen-bond donors (Lipinski definition) is 1. The Labute approximate surface area is 110 Å². The number of aromatic nitrogens is 3. The van der Waals surface area contributed by atoms with Gasteiger partial charge in [0.2, 0.25) is 0 Å². The highest BCUT2D eigenvalue weighted by atomic mass is 16.4. The third kappa shape index (κ3) is 2.31. The molecule has 6 nitrogen and oxygen atoms in total. The number of aromatic carboxylic acids is 1. The highest BCUT2D eigenvalue weighted by Crippen LogP contribution is 2.12. The quantitative estimate of drug-likeness (QED) is 0.890. The largest absolute Gasteiger partial charge is 0.478 e. The topological polar surface area (TPSA) is 70.7 Å². The van der Waals surface area contributed by atoms with E-state index >= 15 is 0 Å². The number of hydrogen-bond acceptors (Lipinski definition) is 4. The molecule has 0 bridgehead atoms. The van der Waals surface area contributed by atoms with Gasteiger partial charge in [-0.2, -0.15) is 0 Å². The van der Waals surface area contributed by atoms with Crippen LogP contribution < -0.4 is 0 Å². The van der Waals surface area contributed by atoms with Crippen molar-refractivity contribution in [1.29, 1.82) is 0 Å². The van der Waals surface area contributed by atoms with E-state index in [0.717, 1.165) is 31.9 Å². The van der Waals surface area contributed by atoms with Gasteiger partial charge < -0.3 is 10.0 Å². The zero-order valence-electron chi connectivity index (χ0n) is 10.6. The van der Waals surface area contributed by atoms with E-state index in [1.54, 1.807) is 16.5 Å². The van der Waals surface area contributed by atoms with Crippen molar-refractivity contribution < 1.29 is 9.90 Å². The molecule has 100 valence electrons. The second-order valence-corrected chi connectivity index (χ2v) is 4.84. The van der Waals surface area contributed by atoms with Gasteiger partial charge in [-0.15, -0.1) is 10.2 Å². The van der Waals surface area contributed by atoms with Crippen LogP contribution in [0.4, 0.5) is 0 Å². The fourth-order valence-electron chi connectivity index (χ4n) is 2.57. The van der Waals surface area contributed by atoms with Crippen molar-refractivity contribution in [3.8, 4) is 0 Å². The molecular formula is C13H16N4O2. The summed E-state index contributed by atoms with van der Waals surface area (Å²) in [6.45, 7) is 3.26. The van der Waals surface area contributed by atoms with Gasteiger partial charge in [-0.3, -0.25) is 4.40 Å². The lowest BCUT2D eigenvalue weighted by Gasteiger charge is -2.13. The molecular weight excluding hydrogens is 244 g/mol. The van der Waals surface area contributed by atoms with Crippen molar-refractivity contribution in [3.63, 3.8) is 0 Å². The molecule has 0 unspecified atom stereocenters. The lowest BCUT2D eigenvalue weighted by Crippen LogP contribution is -2.22. The maximum atomic E-state index is 11.1. The van der Waals surface area contributed by atoms with E-state index in [1.807, 2.05) is 6.20 Å². The molecule has 1 aliphatic heterocycles. The smallest absolute Gasteiger partial charge is 0.339 e. The van der Waals surface area contributed by atoms with Crippen molar-refractivity contribution >= 4 is 11.6 Å². The van der Waals surface area contributed by atoms with Crippen LogP contribution in [0.3, 0.4) is 0 Å². The molecule has 0 amide bonds. The number of likely N-dealkylation sites (tertiary alicyclic amines) is 1. The lowest BCUT2D eigenvalue weighted by atomic mass is 10.2. The monoisotopic (exact) mass is 260 g/mol. The van der Waals surface area contributed by atoms with E-state index in [2.05, 4.69) is 15.1 Å². The van der Waals surface area contributed by atoms with Gasteiger partial charge in [-0.05, 0) is 38.1 Å². The van der Waals surface area contributed by atoms with Crippen LogP contribution in [-0.2, 0) is 6.42 Å². The van der Waals surface area contributed by atoms with Crippen LogP contribution in [0.15, 0.2) is 18.3 Å². The molecule has 0 saturated carbocycles. The molecule has 1 fully saturated rings. The average molecular weight is 260 g/mol. The molecule has 0 radical (unpaired) electrons. The molecule has 0 spiro atoms. The SMILES string of the molecule is O=C(O)c1cccn2c(CCN3CCCC3)nnc12. The summed E-state index contributed by atoms with van der Waals surface area (Å²) >= 11 is 0. The van der Waals surface area contributed by atoms with Crippen LogP contribution in [0, 0.1) is 0 Å². The second kappa shape index (κ2) is 4.97. The highest BCUT2D eigenvalue weighted by molar-refractivity contribution is 5.94. The van der Waals surface area contributed by atoms with Gasteiger partial charge in [0, 0.05) is 19.2 Å². The predicted molar refractivity (Wildman–Crippen MR) is 69.3 cm³/mol. The van der Waals surface area contributed by atoms with E-state index in [1.165, 1.54) is 12.8 Å². The third-order valence-electron chi connectivity index (χ3n) is 3.59. The first-order chi connectivity index (χ1) is 9.25. The molecule has 1 N–H and O–H groups in total. The number of carbonyl (C=O) groups is 1. The minimum Gasteiger partial charge on any atom is -0.478 e. The average Bonchev–Trinajstić information content (AvgIpc) is 3.05. The Kier molecular flexibility index (Phi) is 3.16. The summed E-state index contributed by atoms with van der Waals surface area (Å²) in [6, 6.07) is 3.27. The van der Waals surface area contributed by atoms with Crippen molar-refractivity contribution in [2.24, 2.45) is 0 Å². The summed E-state index contributed by atoms with van der Waals surface area (Å²) in [5.41, 5.74) is 0.619. The summed E-state index contributed by atoms with van der Waals surface area (Å²) in [4.78, 5) is 13.5. The molecule has 19 heavy (non-hydrogen) atoms. The van der Waals surface area contributed by atoms with E-state index in [-0.39, 0.29) is 5.56 Å². The Morgan fingerprint density at radius 2 is 2.11 bits per heavy atom. The Morgan fingerprint density at radius 1 is 1.32 bits per heavy atom. The zero-order valence-corrected chi connectivity index (χ0v) is 10.6. The molecule has 3 rings (SSSR count). The summed E-state index contributed by atoms with van der Waals surface area (Å²) in [7, 11) is 0. The van der Waals surface area contributed by atoms with E-state index in [4.69, 9.17) is 5.11 Å². The van der Waals surface area contributed by atoms with Crippen molar-refractivity contribution in [3.05, 3.63) is 29.7 Å². The zero-order chi connectivity index (χ0) is 13.2. The van der Waals surface area contributed by atoms with Crippen molar-refractivity contribution in [2.45, 2.75) is 19.3 Å². The molecule has 3 heterocycles. The van der Waals surface area contributed by atoms with Gasteiger partial charge in [0.15, 0.2) is 5.65 Å². The second-order valence-electron chi connectivity index (χ2n) is 4.84. The number of carboxylic acid groups (broad SMARTS) is 1. The summed E-state index contributed by atoms with van der Waals surface area (Å²) < 4.78 is 1.78. The van der Waals surface area contributed by atoms with Crippen LogP contribution in [0.25, 0.3) is 5.65 Å². The van der Waals surface area contributed by atoms with Crippen LogP contribution in [0.1, 0.15) is 29.0 Å². The fraction of sp³-hybridized carbons (Fsp3) is 0.462. The maximum absolute atomic E-state index is 11.1. The van der Waals surface area contributed by atoms with Crippen LogP contribution >= 0.6 is 0 Å². The Bertz CT molecular complexity index is 602. The Balaban J connectivity index is 1.84. The fourth-order valence-corrected chi connectivity index (χ4v) is 2.57. The molecule has 0 atom stereocenters. The Morgan fingerprint density at radius 3 is 2.84 bits per heavy atom. The number of rotatable bonds is 4. The number of fused-ring (bicyclic) bond motifs is 1. The third-order valence-corrected chi connectivity index (χ3v) is 3.59. The van der Waals surface area contributed by atoms with Gasteiger partial charge in [-0.1, -0.05) is 0 Å². The van der Waals surface area contributed by atoms with E-state index < -0.39 is 5.97 Å². The maximum Gasteiger partial charge on any atom is 0.339 e. The minimum absolute atomic E-state index is 0.197. The molecule has 2 aromatic heterocycles. The van der Waals surface area contributed by atoms with Crippen LogP contribution in [0.5, 0.6) is 0 Å². The number of nitrogens with zero attached hydrogens (tertiary/aromatic N) is 4. The minimum atomic E-state index is -0.968. The predicted octanol–water partition coefficient (Wildman–Crippen LogP) is 1.07. The van der Waals surface area contributed by atoms with Gasteiger partial charge in [0.1, 0.15) is 11.4 Å². The molecule has 1 saturated heterocycles. The molecule has 1 aliphatic rings. The van der Waals surface area contributed by atoms with Crippen molar-refractivity contribution in [2.75, 3.05) is 19.6 Å². The van der Waals surface area contributed by atoms with Crippen molar-refractivity contribution in [1.82, 2.24) is 19.5 Å².